The lowest BCUT2D eigenvalue weighted by Gasteiger charge is -2.06. The molecule has 0 unspecified atom stereocenters. The molecule has 1 N–H and O–H groups in total. The standard InChI is InChI=1S/C19H13Cl2F2NO5/c20-14-3-1-2-11(17(14)21)6-9-16(26)28-10-15(25)24-18(27)12-4-7-13(8-5-12)29-19(22)23/h1-9,19H,10H2,(H,24,25,27)/b9-6+. The van der Waals surface area contributed by atoms with Crippen molar-refractivity contribution in [2.75, 3.05) is 6.61 Å². The molecule has 0 spiro atoms. The van der Waals surface area contributed by atoms with Gasteiger partial charge in [-0.15, -0.1) is 0 Å². The lowest BCUT2D eigenvalue weighted by Crippen LogP contribution is -2.34. The Morgan fingerprint density at radius 3 is 2.41 bits per heavy atom. The van der Waals surface area contributed by atoms with Crippen molar-refractivity contribution in [2.24, 2.45) is 0 Å². The number of carbonyl (C=O) groups is 3. The highest BCUT2D eigenvalue weighted by atomic mass is 35.5. The van der Waals surface area contributed by atoms with Crippen molar-refractivity contribution in [3.8, 4) is 5.75 Å². The number of nitrogens with one attached hydrogen (secondary N) is 1. The molecule has 0 aliphatic carbocycles. The molecule has 2 rings (SSSR count). The van der Waals surface area contributed by atoms with E-state index in [1.165, 1.54) is 18.2 Å². The molecular formula is C19H13Cl2F2NO5. The molecule has 0 aromatic heterocycles. The average molecular weight is 444 g/mol. The van der Waals surface area contributed by atoms with Crippen LogP contribution in [0, 0.1) is 0 Å². The summed E-state index contributed by atoms with van der Waals surface area (Å²) in [5, 5.41) is 2.57. The molecule has 0 saturated carbocycles. The fourth-order valence-electron chi connectivity index (χ4n) is 2.01. The molecule has 2 amide bonds. The lowest BCUT2D eigenvalue weighted by atomic mass is 10.2. The maximum absolute atomic E-state index is 12.1. The Kier molecular flexibility index (Phi) is 8.11. The molecule has 0 fully saturated rings. The third kappa shape index (κ3) is 7.17. The predicted molar refractivity (Wildman–Crippen MR) is 102 cm³/mol. The van der Waals surface area contributed by atoms with Crippen LogP contribution in [0.5, 0.6) is 5.75 Å². The number of alkyl halides is 2. The second-order valence-electron chi connectivity index (χ2n) is 5.36. The highest BCUT2D eigenvalue weighted by Crippen LogP contribution is 2.26. The van der Waals surface area contributed by atoms with Crippen LogP contribution in [-0.4, -0.2) is 31.0 Å². The van der Waals surface area contributed by atoms with Gasteiger partial charge < -0.3 is 9.47 Å². The average Bonchev–Trinajstić information content (AvgIpc) is 2.67. The summed E-state index contributed by atoms with van der Waals surface area (Å²) in [5.74, 6) is -2.64. The van der Waals surface area contributed by atoms with Gasteiger partial charge in [0, 0.05) is 11.6 Å². The van der Waals surface area contributed by atoms with Crippen molar-refractivity contribution in [3.63, 3.8) is 0 Å². The number of benzene rings is 2. The fourth-order valence-corrected chi connectivity index (χ4v) is 2.39. The van der Waals surface area contributed by atoms with Crippen LogP contribution in [0.1, 0.15) is 15.9 Å². The Bertz CT molecular complexity index is 933. The van der Waals surface area contributed by atoms with Gasteiger partial charge in [0.15, 0.2) is 6.61 Å². The smallest absolute Gasteiger partial charge is 0.387 e. The van der Waals surface area contributed by atoms with Crippen LogP contribution in [-0.2, 0) is 14.3 Å². The van der Waals surface area contributed by atoms with E-state index in [0.717, 1.165) is 18.2 Å². The summed E-state index contributed by atoms with van der Waals surface area (Å²) < 4.78 is 33.0. The van der Waals surface area contributed by atoms with Gasteiger partial charge in [0.2, 0.25) is 0 Å². The van der Waals surface area contributed by atoms with Gasteiger partial charge in [-0.05, 0) is 42.0 Å². The number of esters is 1. The van der Waals surface area contributed by atoms with Gasteiger partial charge in [-0.3, -0.25) is 14.9 Å². The molecule has 0 saturated heterocycles. The topological polar surface area (TPSA) is 81.7 Å². The molecular weight excluding hydrogens is 431 g/mol. The minimum atomic E-state index is -2.99. The SMILES string of the molecule is O=C(COC(=O)/C=C/c1cccc(Cl)c1Cl)NC(=O)c1ccc(OC(F)F)cc1. The van der Waals surface area contributed by atoms with E-state index in [4.69, 9.17) is 27.9 Å². The van der Waals surface area contributed by atoms with E-state index in [-0.39, 0.29) is 16.3 Å². The minimum absolute atomic E-state index is 0.0294. The van der Waals surface area contributed by atoms with E-state index in [2.05, 4.69) is 4.74 Å². The predicted octanol–water partition coefficient (Wildman–Crippen LogP) is 4.11. The Hall–Kier alpha value is -2.97. The van der Waals surface area contributed by atoms with Crippen LogP contribution in [0.2, 0.25) is 10.0 Å². The highest BCUT2D eigenvalue weighted by Gasteiger charge is 2.13. The fraction of sp³-hybridized carbons (Fsp3) is 0.105. The number of hydrogen-bond donors (Lipinski definition) is 1. The van der Waals surface area contributed by atoms with Crippen LogP contribution >= 0.6 is 23.2 Å². The number of rotatable bonds is 7. The number of ether oxygens (including phenoxy) is 2. The number of hydrogen-bond acceptors (Lipinski definition) is 5. The normalized spacial score (nSPS) is 10.8. The zero-order valence-electron chi connectivity index (χ0n) is 14.5. The first-order chi connectivity index (χ1) is 13.8. The summed E-state index contributed by atoms with van der Waals surface area (Å²) in [7, 11) is 0. The van der Waals surface area contributed by atoms with Crippen molar-refractivity contribution in [1.82, 2.24) is 5.32 Å². The number of imide groups is 1. The van der Waals surface area contributed by atoms with E-state index in [9.17, 15) is 23.2 Å². The molecule has 0 heterocycles. The van der Waals surface area contributed by atoms with Gasteiger partial charge >= 0.3 is 12.6 Å². The van der Waals surface area contributed by atoms with Gasteiger partial charge in [0.05, 0.1) is 10.0 Å². The van der Waals surface area contributed by atoms with Crippen LogP contribution in [0.15, 0.2) is 48.5 Å². The molecule has 0 atom stereocenters. The first-order valence-corrected chi connectivity index (χ1v) is 8.69. The van der Waals surface area contributed by atoms with E-state index in [0.29, 0.717) is 10.6 Å². The zero-order chi connectivity index (χ0) is 21.4. The molecule has 29 heavy (non-hydrogen) atoms. The van der Waals surface area contributed by atoms with E-state index in [1.807, 2.05) is 5.32 Å². The molecule has 152 valence electrons. The monoisotopic (exact) mass is 443 g/mol. The molecule has 0 bridgehead atoms. The summed E-state index contributed by atoms with van der Waals surface area (Å²) in [6, 6.07) is 9.55. The Morgan fingerprint density at radius 1 is 1.07 bits per heavy atom. The third-order valence-electron chi connectivity index (χ3n) is 3.32. The Labute approximate surface area is 174 Å². The number of carbonyl (C=O) groups excluding carboxylic acids is 3. The van der Waals surface area contributed by atoms with E-state index >= 15 is 0 Å². The van der Waals surface area contributed by atoms with Gasteiger partial charge in [-0.1, -0.05) is 35.3 Å². The van der Waals surface area contributed by atoms with Crippen molar-refractivity contribution in [3.05, 3.63) is 69.7 Å². The summed E-state index contributed by atoms with van der Waals surface area (Å²) in [6.07, 6.45) is 2.41. The van der Waals surface area contributed by atoms with E-state index in [1.54, 1.807) is 18.2 Å². The number of amides is 2. The quantitative estimate of drug-likeness (QED) is 0.514. The van der Waals surface area contributed by atoms with Crippen molar-refractivity contribution >= 4 is 47.1 Å². The maximum atomic E-state index is 12.1. The molecule has 6 nitrogen and oxygen atoms in total. The largest absolute Gasteiger partial charge is 0.452 e. The summed E-state index contributed by atoms with van der Waals surface area (Å²) in [6.45, 7) is -3.69. The molecule has 10 heteroatoms. The second-order valence-corrected chi connectivity index (χ2v) is 6.15. The van der Waals surface area contributed by atoms with Gasteiger partial charge in [0.25, 0.3) is 11.8 Å². The van der Waals surface area contributed by atoms with Gasteiger partial charge in [0.1, 0.15) is 5.75 Å². The summed E-state index contributed by atoms with van der Waals surface area (Å²) in [4.78, 5) is 35.3. The molecule has 0 radical (unpaired) electrons. The second kappa shape index (κ2) is 10.5. The van der Waals surface area contributed by atoms with Gasteiger partial charge in [-0.2, -0.15) is 8.78 Å². The molecule has 0 aliphatic heterocycles. The lowest BCUT2D eigenvalue weighted by molar-refractivity contribution is -0.143. The number of halogens is 4. The molecule has 2 aromatic carbocycles. The van der Waals surface area contributed by atoms with E-state index < -0.39 is 31.0 Å². The minimum Gasteiger partial charge on any atom is -0.452 e. The molecule has 0 aliphatic rings. The van der Waals surface area contributed by atoms with Crippen LogP contribution in [0.25, 0.3) is 6.08 Å². The highest BCUT2D eigenvalue weighted by molar-refractivity contribution is 6.42. The summed E-state index contributed by atoms with van der Waals surface area (Å²) in [5.41, 5.74) is 0.511. The zero-order valence-corrected chi connectivity index (χ0v) is 16.0. The molecule has 2 aromatic rings. The van der Waals surface area contributed by atoms with Crippen molar-refractivity contribution in [1.29, 1.82) is 0 Å². The first-order valence-electron chi connectivity index (χ1n) is 7.94. The maximum Gasteiger partial charge on any atom is 0.387 e. The van der Waals surface area contributed by atoms with Crippen LogP contribution < -0.4 is 10.1 Å². The van der Waals surface area contributed by atoms with Crippen molar-refractivity contribution in [2.45, 2.75) is 6.61 Å². The van der Waals surface area contributed by atoms with Gasteiger partial charge in [-0.25, -0.2) is 4.79 Å². The first kappa shape index (κ1) is 22.3. The Balaban J connectivity index is 1.82. The Morgan fingerprint density at radius 2 is 1.76 bits per heavy atom. The van der Waals surface area contributed by atoms with Crippen molar-refractivity contribution < 1.29 is 32.6 Å². The van der Waals surface area contributed by atoms with Crippen LogP contribution in [0.3, 0.4) is 0 Å². The van der Waals surface area contributed by atoms with Crippen LogP contribution in [0.4, 0.5) is 8.78 Å². The third-order valence-corrected chi connectivity index (χ3v) is 4.15. The summed E-state index contributed by atoms with van der Waals surface area (Å²) >= 11 is 11.8.